The van der Waals surface area contributed by atoms with E-state index in [2.05, 4.69) is 5.10 Å². The van der Waals surface area contributed by atoms with E-state index in [4.69, 9.17) is 33.7 Å². The third-order valence-corrected chi connectivity index (χ3v) is 4.59. The first-order valence-corrected chi connectivity index (χ1v) is 8.61. The highest BCUT2D eigenvalue weighted by Crippen LogP contribution is 2.26. The molecular formula is C18H19Cl2N3O3. The zero-order chi connectivity index (χ0) is 19.4. The van der Waals surface area contributed by atoms with Gasteiger partial charge in [0, 0.05) is 32.9 Å². The Kier molecular flexibility index (Phi) is 6.45. The summed E-state index contributed by atoms with van der Waals surface area (Å²) in [5.41, 5.74) is 8.18. The van der Waals surface area contributed by atoms with Crippen LogP contribution in [0.15, 0.2) is 24.3 Å². The van der Waals surface area contributed by atoms with Gasteiger partial charge in [0.15, 0.2) is 6.10 Å². The fourth-order valence-electron chi connectivity index (χ4n) is 2.36. The van der Waals surface area contributed by atoms with Gasteiger partial charge in [0.05, 0.1) is 12.2 Å². The van der Waals surface area contributed by atoms with Gasteiger partial charge in [0.25, 0.3) is 5.91 Å². The lowest BCUT2D eigenvalue weighted by Crippen LogP contribution is -2.29. The van der Waals surface area contributed by atoms with Gasteiger partial charge in [-0.2, -0.15) is 5.10 Å². The number of nitrogens with zero attached hydrogens (tertiary/aromatic N) is 2. The van der Waals surface area contributed by atoms with Crippen molar-refractivity contribution in [2.45, 2.75) is 33.4 Å². The Morgan fingerprint density at radius 2 is 1.92 bits per heavy atom. The van der Waals surface area contributed by atoms with Crippen molar-refractivity contribution in [1.82, 2.24) is 9.78 Å². The molecule has 2 rings (SSSR count). The molecule has 0 bridgehead atoms. The average molecular weight is 396 g/mol. The molecule has 0 radical (unpaired) electrons. The predicted molar refractivity (Wildman–Crippen MR) is 101 cm³/mol. The highest BCUT2D eigenvalue weighted by Gasteiger charge is 2.15. The minimum absolute atomic E-state index is 0.405. The summed E-state index contributed by atoms with van der Waals surface area (Å²) in [6, 6.07) is 5.32. The Bertz CT molecular complexity index is 855. The standard InChI is InChI=1S/C18H19Cl2N3O3/c1-10-13(7-8-17(24)26-12(3)18(21)25)11(2)23(22-10)9-14-15(19)5-4-6-16(14)20/h4-8,12H,9H2,1-3H3,(H2,21,25). The van der Waals surface area contributed by atoms with Crippen LogP contribution in [0.1, 0.15) is 29.4 Å². The second-order valence-corrected chi connectivity index (χ2v) is 6.57. The van der Waals surface area contributed by atoms with E-state index >= 15 is 0 Å². The maximum Gasteiger partial charge on any atom is 0.331 e. The van der Waals surface area contributed by atoms with Crippen molar-refractivity contribution < 1.29 is 14.3 Å². The molecule has 1 atom stereocenters. The molecule has 1 aromatic heterocycles. The third kappa shape index (κ3) is 4.65. The SMILES string of the molecule is Cc1nn(Cc2c(Cl)cccc2Cl)c(C)c1C=CC(=O)OC(C)C(N)=O. The third-order valence-electron chi connectivity index (χ3n) is 3.89. The zero-order valence-electron chi connectivity index (χ0n) is 14.6. The van der Waals surface area contributed by atoms with Crippen molar-refractivity contribution in [3.63, 3.8) is 0 Å². The van der Waals surface area contributed by atoms with E-state index in [0.717, 1.165) is 22.5 Å². The van der Waals surface area contributed by atoms with Crippen LogP contribution >= 0.6 is 23.2 Å². The lowest BCUT2D eigenvalue weighted by atomic mass is 10.1. The maximum atomic E-state index is 11.8. The van der Waals surface area contributed by atoms with Crippen LogP contribution in [0.2, 0.25) is 10.0 Å². The van der Waals surface area contributed by atoms with Gasteiger partial charge in [-0.15, -0.1) is 0 Å². The van der Waals surface area contributed by atoms with Crippen LogP contribution in [-0.2, 0) is 20.9 Å². The van der Waals surface area contributed by atoms with Crippen LogP contribution in [0.3, 0.4) is 0 Å². The molecule has 138 valence electrons. The number of carbonyl (C=O) groups is 2. The molecular weight excluding hydrogens is 377 g/mol. The van der Waals surface area contributed by atoms with Crippen molar-refractivity contribution in [3.05, 3.63) is 56.8 Å². The Morgan fingerprint density at radius 3 is 2.50 bits per heavy atom. The summed E-state index contributed by atoms with van der Waals surface area (Å²) in [5, 5.41) is 5.60. The summed E-state index contributed by atoms with van der Waals surface area (Å²) >= 11 is 12.4. The van der Waals surface area contributed by atoms with Crippen LogP contribution in [0.25, 0.3) is 6.08 Å². The van der Waals surface area contributed by atoms with Gasteiger partial charge in [0.1, 0.15) is 0 Å². The Labute approximate surface area is 161 Å². The summed E-state index contributed by atoms with van der Waals surface area (Å²) < 4.78 is 6.65. The van der Waals surface area contributed by atoms with Gasteiger partial charge in [-0.3, -0.25) is 9.48 Å². The van der Waals surface area contributed by atoms with Crippen LogP contribution in [-0.4, -0.2) is 27.8 Å². The zero-order valence-corrected chi connectivity index (χ0v) is 16.1. The number of primary amides is 1. The minimum Gasteiger partial charge on any atom is -0.449 e. The molecule has 2 N–H and O–H groups in total. The molecule has 1 aromatic carbocycles. The van der Waals surface area contributed by atoms with Crippen molar-refractivity contribution >= 4 is 41.2 Å². The number of hydrogen-bond acceptors (Lipinski definition) is 4. The van der Waals surface area contributed by atoms with Gasteiger partial charge in [0.2, 0.25) is 0 Å². The lowest BCUT2D eigenvalue weighted by molar-refractivity contribution is -0.148. The fraction of sp³-hybridized carbons (Fsp3) is 0.278. The number of benzene rings is 1. The summed E-state index contributed by atoms with van der Waals surface area (Å²) in [6.45, 7) is 5.52. The number of halogens is 2. The smallest absolute Gasteiger partial charge is 0.331 e. The largest absolute Gasteiger partial charge is 0.449 e. The minimum atomic E-state index is -0.987. The topological polar surface area (TPSA) is 87.2 Å². The fourth-order valence-corrected chi connectivity index (χ4v) is 2.88. The first kappa shape index (κ1) is 20.0. The molecule has 0 fully saturated rings. The Morgan fingerprint density at radius 1 is 1.31 bits per heavy atom. The van der Waals surface area contributed by atoms with Crippen LogP contribution < -0.4 is 5.73 Å². The quantitative estimate of drug-likeness (QED) is 0.600. The monoisotopic (exact) mass is 395 g/mol. The number of carbonyl (C=O) groups excluding carboxylic acids is 2. The van der Waals surface area contributed by atoms with E-state index in [1.165, 1.54) is 13.0 Å². The molecule has 26 heavy (non-hydrogen) atoms. The van der Waals surface area contributed by atoms with E-state index in [0.29, 0.717) is 16.6 Å². The molecule has 1 heterocycles. The highest BCUT2D eigenvalue weighted by atomic mass is 35.5. The number of rotatable bonds is 6. The van der Waals surface area contributed by atoms with Crippen LogP contribution in [0.4, 0.5) is 0 Å². The highest BCUT2D eigenvalue weighted by molar-refractivity contribution is 6.35. The number of nitrogens with two attached hydrogens (primary N) is 1. The van der Waals surface area contributed by atoms with Gasteiger partial charge in [-0.25, -0.2) is 4.79 Å². The number of aryl methyl sites for hydroxylation is 1. The Balaban J connectivity index is 2.21. The van der Waals surface area contributed by atoms with Gasteiger partial charge >= 0.3 is 5.97 Å². The summed E-state index contributed by atoms with van der Waals surface area (Å²) in [4.78, 5) is 22.7. The second kappa shape index (κ2) is 8.38. The number of amides is 1. The van der Waals surface area contributed by atoms with Gasteiger partial charge < -0.3 is 10.5 Å². The van der Waals surface area contributed by atoms with Crippen molar-refractivity contribution in [2.75, 3.05) is 0 Å². The average Bonchev–Trinajstić information content (AvgIpc) is 2.82. The number of hydrogen-bond donors (Lipinski definition) is 1. The van der Waals surface area contributed by atoms with Crippen molar-refractivity contribution in [1.29, 1.82) is 0 Å². The van der Waals surface area contributed by atoms with Gasteiger partial charge in [-0.05, 0) is 39.0 Å². The molecule has 1 amide bonds. The Hall–Kier alpha value is -2.31. The van der Waals surface area contributed by atoms with Crippen molar-refractivity contribution in [2.24, 2.45) is 5.73 Å². The number of esters is 1. The molecule has 0 aliphatic rings. The first-order valence-electron chi connectivity index (χ1n) is 7.85. The number of ether oxygens (including phenoxy) is 1. The van der Waals surface area contributed by atoms with E-state index in [1.807, 2.05) is 13.8 Å². The summed E-state index contributed by atoms with van der Waals surface area (Å²) in [7, 11) is 0. The van der Waals surface area contributed by atoms with Crippen molar-refractivity contribution in [3.8, 4) is 0 Å². The summed E-state index contributed by atoms with van der Waals surface area (Å²) in [6.07, 6.45) is 1.85. The van der Waals surface area contributed by atoms with Crippen LogP contribution in [0, 0.1) is 13.8 Å². The summed E-state index contributed by atoms with van der Waals surface area (Å²) in [5.74, 6) is -1.36. The molecule has 0 aliphatic carbocycles. The second-order valence-electron chi connectivity index (χ2n) is 5.76. The van der Waals surface area contributed by atoms with Crippen LogP contribution in [0.5, 0.6) is 0 Å². The molecule has 1 unspecified atom stereocenters. The molecule has 0 spiro atoms. The number of aromatic nitrogens is 2. The normalized spacial score (nSPS) is 12.3. The maximum absolute atomic E-state index is 11.8. The molecule has 0 saturated heterocycles. The molecule has 6 nitrogen and oxygen atoms in total. The van der Waals surface area contributed by atoms with E-state index < -0.39 is 18.0 Å². The first-order chi connectivity index (χ1) is 12.2. The molecule has 2 aromatic rings. The molecule has 0 saturated carbocycles. The lowest BCUT2D eigenvalue weighted by Gasteiger charge is -2.09. The molecule has 0 aliphatic heterocycles. The van der Waals surface area contributed by atoms with E-state index in [9.17, 15) is 9.59 Å². The van der Waals surface area contributed by atoms with Gasteiger partial charge in [-0.1, -0.05) is 29.3 Å². The predicted octanol–water partition coefficient (Wildman–Crippen LogP) is 3.29. The van der Waals surface area contributed by atoms with E-state index in [1.54, 1.807) is 29.0 Å². The van der Waals surface area contributed by atoms with E-state index in [-0.39, 0.29) is 0 Å². The molecule has 8 heteroatoms.